The van der Waals surface area contributed by atoms with Gasteiger partial charge in [0, 0.05) is 0 Å². The highest BCUT2D eigenvalue weighted by Gasteiger charge is 2.31. The summed E-state index contributed by atoms with van der Waals surface area (Å²) in [4.78, 5) is 13.4. The Morgan fingerprint density at radius 3 is 2.40 bits per heavy atom. The molecule has 0 aliphatic carbocycles. The van der Waals surface area contributed by atoms with E-state index in [0.717, 1.165) is 0 Å². The summed E-state index contributed by atoms with van der Waals surface area (Å²) in [5.41, 5.74) is 0.658. The number of hydrogen-bond donors (Lipinski definition) is 0. The lowest BCUT2D eigenvalue weighted by Gasteiger charge is -2.11. The summed E-state index contributed by atoms with van der Waals surface area (Å²) in [6.07, 6.45) is 0.0880. The molecule has 0 radical (unpaired) electrons. The summed E-state index contributed by atoms with van der Waals surface area (Å²) >= 11 is 1.41. The van der Waals surface area contributed by atoms with Crippen LogP contribution in [0.4, 0.5) is 13.2 Å². The van der Waals surface area contributed by atoms with Crippen molar-refractivity contribution in [2.75, 3.05) is 6.26 Å². The molecule has 0 fully saturated rings. The van der Waals surface area contributed by atoms with E-state index in [1.54, 1.807) is 0 Å². The summed E-state index contributed by atoms with van der Waals surface area (Å²) in [5, 5.41) is 4.46. The lowest BCUT2D eigenvalue weighted by atomic mass is 10.1. The average Bonchev–Trinajstić information content (AvgIpc) is 3.03. The Kier molecular flexibility index (Phi) is 4.98. The molecule has 2 aromatic rings. The molecule has 1 aliphatic rings. The van der Waals surface area contributed by atoms with Gasteiger partial charge in [-0.15, -0.1) is 13.2 Å². The smallest absolute Gasteiger partial charge is 0.436 e. The molecule has 132 valence electrons. The number of alkyl halides is 3. The van der Waals surface area contributed by atoms with E-state index in [1.807, 2.05) is 6.26 Å². The quantitative estimate of drug-likeness (QED) is 0.599. The number of ether oxygens (including phenoxy) is 2. The molecular formula is C15H12F3N3O3S. The number of hydrogen-bond acceptors (Lipinski definition) is 7. The van der Waals surface area contributed by atoms with Gasteiger partial charge in [0.15, 0.2) is 17.0 Å². The molecule has 0 spiro atoms. The summed E-state index contributed by atoms with van der Waals surface area (Å²) in [6, 6.07) is 5.42. The molecule has 1 atom stereocenters. The Morgan fingerprint density at radius 1 is 1.12 bits per heavy atom. The third-order valence-electron chi connectivity index (χ3n) is 3.15. The maximum atomic E-state index is 12.2. The SMILES string of the molecule is CSc1ncc(OC2=NO[C@H](c3ccc(OC(F)(F)F)cc3)C2)cn1. The van der Waals surface area contributed by atoms with Crippen molar-refractivity contribution in [1.29, 1.82) is 0 Å². The van der Waals surface area contributed by atoms with Crippen molar-refractivity contribution in [1.82, 2.24) is 9.97 Å². The fraction of sp³-hybridized carbons (Fsp3) is 0.267. The molecule has 0 amide bonds. The van der Waals surface area contributed by atoms with E-state index >= 15 is 0 Å². The molecule has 0 saturated carbocycles. The van der Waals surface area contributed by atoms with E-state index in [0.29, 0.717) is 28.8 Å². The zero-order valence-corrected chi connectivity index (χ0v) is 13.7. The predicted molar refractivity (Wildman–Crippen MR) is 83.4 cm³/mol. The second-order valence-electron chi connectivity index (χ2n) is 4.91. The number of halogens is 3. The van der Waals surface area contributed by atoms with Crippen LogP contribution in [0, 0.1) is 0 Å². The van der Waals surface area contributed by atoms with E-state index < -0.39 is 12.5 Å². The molecule has 0 N–H and O–H groups in total. The second kappa shape index (κ2) is 7.18. The van der Waals surface area contributed by atoms with Gasteiger partial charge >= 0.3 is 6.36 Å². The van der Waals surface area contributed by atoms with Crippen LogP contribution >= 0.6 is 11.8 Å². The normalized spacial score (nSPS) is 17.0. The first-order valence-electron chi connectivity index (χ1n) is 7.05. The summed E-state index contributed by atoms with van der Waals surface area (Å²) < 4.78 is 45.8. The van der Waals surface area contributed by atoms with E-state index in [1.165, 1.54) is 48.4 Å². The van der Waals surface area contributed by atoms with Crippen LogP contribution < -0.4 is 9.47 Å². The average molecular weight is 371 g/mol. The Bertz CT molecular complexity index is 751. The minimum atomic E-state index is -4.72. The first kappa shape index (κ1) is 17.3. The van der Waals surface area contributed by atoms with Crippen molar-refractivity contribution < 1.29 is 27.5 Å². The standard InChI is InChI=1S/C15H12F3N3O3S/c1-25-14-19-7-11(8-20-14)22-13-6-12(24-21-13)9-2-4-10(5-3-9)23-15(16,17)18/h2-5,7-8,12H,6H2,1H3/t12-/m0/s1. The highest BCUT2D eigenvalue weighted by Crippen LogP contribution is 2.30. The Balaban J connectivity index is 1.58. The van der Waals surface area contributed by atoms with Gasteiger partial charge in [0.25, 0.3) is 0 Å². The lowest BCUT2D eigenvalue weighted by Crippen LogP contribution is -2.17. The zero-order chi connectivity index (χ0) is 17.9. The van der Waals surface area contributed by atoms with Gasteiger partial charge in [0.2, 0.25) is 5.90 Å². The minimum absolute atomic E-state index is 0.294. The van der Waals surface area contributed by atoms with Crippen molar-refractivity contribution in [2.24, 2.45) is 5.16 Å². The highest BCUT2D eigenvalue weighted by atomic mass is 32.2. The van der Waals surface area contributed by atoms with E-state index in [9.17, 15) is 13.2 Å². The van der Waals surface area contributed by atoms with E-state index in [4.69, 9.17) is 9.57 Å². The largest absolute Gasteiger partial charge is 0.573 e. The van der Waals surface area contributed by atoms with Crippen LogP contribution in [0.25, 0.3) is 0 Å². The van der Waals surface area contributed by atoms with E-state index in [-0.39, 0.29) is 5.75 Å². The monoisotopic (exact) mass is 371 g/mol. The molecule has 6 nitrogen and oxygen atoms in total. The highest BCUT2D eigenvalue weighted by molar-refractivity contribution is 7.98. The molecule has 25 heavy (non-hydrogen) atoms. The molecular weight excluding hydrogens is 359 g/mol. The van der Waals surface area contributed by atoms with Crippen LogP contribution in [0.2, 0.25) is 0 Å². The Morgan fingerprint density at radius 2 is 1.80 bits per heavy atom. The van der Waals surface area contributed by atoms with Crippen molar-refractivity contribution >= 4 is 17.7 Å². The van der Waals surface area contributed by atoms with Crippen LogP contribution in [0.1, 0.15) is 18.1 Å². The van der Waals surface area contributed by atoms with Crippen LogP contribution in [0.15, 0.2) is 47.0 Å². The fourth-order valence-electron chi connectivity index (χ4n) is 2.08. The van der Waals surface area contributed by atoms with Crippen molar-refractivity contribution in [3.63, 3.8) is 0 Å². The topological polar surface area (TPSA) is 65.8 Å². The van der Waals surface area contributed by atoms with Crippen LogP contribution in [0.3, 0.4) is 0 Å². The van der Waals surface area contributed by atoms with Gasteiger partial charge in [0.1, 0.15) is 5.75 Å². The van der Waals surface area contributed by atoms with Gasteiger partial charge in [-0.25, -0.2) is 9.97 Å². The molecule has 0 unspecified atom stereocenters. The van der Waals surface area contributed by atoms with Crippen LogP contribution in [-0.4, -0.2) is 28.5 Å². The summed E-state index contributed by atoms with van der Waals surface area (Å²) in [5.74, 6) is 0.466. The third-order valence-corrected chi connectivity index (χ3v) is 3.73. The van der Waals surface area contributed by atoms with Crippen molar-refractivity contribution in [2.45, 2.75) is 24.0 Å². The van der Waals surface area contributed by atoms with Crippen molar-refractivity contribution in [3.8, 4) is 11.5 Å². The van der Waals surface area contributed by atoms with Crippen LogP contribution in [-0.2, 0) is 4.84 Å². The number of thioether (sulfide) groups is 1. The lowest BCUT2D eigenvalue weighted by molar-refractivity contribution is -0.274. The molecule has 1 aromatic carbocycles. The molecule has 1 aromatic heterocycles. The molecule has 0 saturated heterocycles. The number of nitrogens with zero attached hydrogens (tertiary/aromatic N) is 3. The molecule has 1 aliphatic heterocycles. The Labute approximate surface area is 145 Å². The molecule has 2 heterocycles. The van der Waals surface area contributed by atoms with Gasteiger partial charge in [-0.2, -0.15) is 0 Å². The first-order chi connectivity index (χ1) is 11.9. The van der Waals surface area contributed by atoms with Gasteiger partial charge in [-0.1, -0.05) is 29.1 Å². The minimum Gasteiger partial charge on any atom is -0.436 e. The van der Waals surface area contributed by atoms with Crippen molar-refractivity contribution in [3.05, 3.63) is 42.2 Å². The number of oxime groups is 1. The number of benzene rings is 1. The van der Waals surface area contributed by atoms with E-state index in [2.05, 4.69) is 19.9 Å². The van der Waals surface area contributed by atoms with Crippen LogP contribution in [0.5, 0.6) is 11.5 Å². The number of aromatic nitrogens is 2. The number of rotatable bonds is 4. The maximum Gasteiger partial charge on any atom is 0.573 e. The Hall–Kier alpha value is -2.49. The first-order valence-corrected chi connectivity index (χ1v) is 8.28. The zero-order valence-electron chi connectivity index (χ0n) is 12.9. The predicted octanol–water partition coefficient (Wildman–Crippen LogP) is 3.95. The van der Waals surface area contributed by atoms with Gasteiger partial charge < -0.3 is 14.3 Å². The second-order valence-corrected chi connectivity index (χ2v) is 5.68. The maximum absolute atomic E-state index is 12.2. The van der Waals surface area contributed by atoms with Gasteiger partial charge in [-0.3, -0.25) is 0 Å². The third kappa shape index (κ3) is 4.75. The molecule has 3 rings (SSSR count). The van der Waals surface area contributed by atoms with Gasteiger partial charge in [0.05, 0.1) is 18.8 Å². The summed E-state index contributed by atoms with van der Waals surface area (Å²) in [7, 11) is 0. The fourth-order valence-corrected chi connectivity index (χ4v) is 2.39. The van der Waals surface area contributed by atoms with Gasteiger partial charge in [-0.05, 0) is 24.0 Å². The molecule has 10 heteroatoms. The summed E-state index contributed by atoms with van der Waals surface area (Å²) in [6.45, 7) is 0. The molecule has 0 bridgehead atoms.